The molecule has 1 aromatic heterocycles. The Bertz CT molecular complexity index is 517. The second kappa shape index (κ2) is 7.00. The summed E-state index contributed by atoms with van der Waals surface area (Å²) in [5, 5.41) is 3.31. The number of imidazole rings is 1. The first-order valence-electron chi connectivity index (χ1n) is 6.45. The van der Waals surface area contributed by atoms with Crippen molar-refractivity contribution in [1.82, 2.24) is 15.3 Å². The number of aromatic amines is 1. The average molecular weight is 281 g/mol. The van der Waals surface area contributed by atoms with Gasteiger partial charge in [0.1, 0.15) is 11.6 Å². The fourth-order valence-corrected chi connectivity index (χ4v) is 2.06. The number of alkyl halides is 2. The minimum atomic E-state index is -2.81. The van der Waals surface area contributed by atoms with Gasteiger partial charge in [-0.05, 0) is 24.2 Å². The monoisotopic (exact) mass is 281 g/mol. The van der Waals surface area contributed by atoms with Gasteiger partial charge in [0.25, 0.3) is 0 Å². The second-order valence-corrected chi connectivity index (χ2v) is 4.30. The van der Waals surface area contributed by atoms with Crippen LogP contribution in [0.2, 0.25) is 0 Å². The molecule has 0 aliphatic carbocycles. The highest BCUT2D eigenvalue weighted by Crippen LogP contribution is 2.22. The topological polar surface area (TPSA) is 49.9 Å². The predicted molar refractivity (Wildman–Crippen MR) is 71.8 cm³/mol. The maximum absolute atomic E-state index is 12.3. The molecule has 0 saturated carbocycles. The number of benzene rings is 1. The van der Waals surface area contributed by atoms with Gasteiger partial charge < -0.3 is 15.0 Å². The van der Waals surface area contributed by atoms with Crippen LogP contribution >= 0.6 is 0 Å². The summed E-state index contributed by atoms with van der Waals surface area (Å²) in [6, 6.07) is 6.73. The van der Waals surface area contributed by atoms with Crippen LogP contribution in [0.15, 0.2) is 36.7 Å². The van der Waals surface area contributed by atoms with Crippen LogP contribution in [0.4, 0.5) is 8.78 Å². The highest BCUT2D eigenvalue weighted by atomic mass is 19.3. The molecule has 0 fully saturated rings. The Balaban J connectivity index is 2.15. The minimum absolute atomic E-state index is 0.00706. The van der Waals surface area contributed by atoms with Crippen LogP contribution in [0, 0.1) is 0 Å². The maximum Gasteiger partial charge on any atom is 0.387 e. The lowest BCUT2D eigenvalue weighted by Crippen LogP contribution is -2.23. The van der Waals surface area contributed by atoms with Gasteiger partial charge in [0.05, 0.1) is 0 Å². The van der Waals surface area contributed by atoms with Crippen molar-refractivity contribution >= 4 is 0 Å². The van der Waals surface area contributed by atoms with Crippen molar-refractivity contribution in [2.24, 2.45) is 0 Å². The molecular weight excluding hydrogens is 264 g/mol. The summed E-state index contributed by atoms with van der Waals surface area (Å²) in [5.74, 6) is 1.01. The number of hydrogen-bond donors (Lipinski definition) is 2. The predicted octanol–water partition coefficient (Wildman–Crippen LogP) is 2.90. The number of H-pyrrole nitrogens is 1. The van der Waals surface area contributed by atoms with E-state index in [1.165, 1.54) is 6.07 Å². The first kappa shape index (κ1) is 14.5. The summed E-state index contributed by atoms with van der Waals surface area (Å²) in [6.45, 7) is -0.0483. The average Bonchev–Trinajstić information content (AvgIpc) is 2.91. The molecule has 108 valence electrons. The summed E-state index contributed by atoms with van der Waals surface area (Å²) < 4.78 is 28.9. The minimum Gasteiger partial charge on any atom is -0.435 e. The van der Waals surface area contributed by atoms with Gasteiger partial charge in [0, 0.05) is 24.9 Å². The number of rotatable bonds is 7. The zero-order valence-corrected chi connectivity index (χ0v) is 11.1. The van der Waals surface area contributed by atoms with Crippen molar-refractivity contribution in [3.8, 4) is 5.75 Å². The zero-order valence-electron chi connectivity index (χ0n) is 11.1. The summed E-state index contributed by atoms with van der Waals surface area (Å²) in [6.07, 6.45) is 4.10. The third-order valence-corrected chi connectivity index (χ3v) is 2.89. The van der Waals surface area contributed by atoms with Gasteiger partial charge in [-0.15, -0.1) is 0 Å². The van der Waals surface area contributed by atoms with Gasteiger partial charge in [0.2, 0.25) is 0 Å². The highest BCUT2D eigenvalue weighted by molar-refractivity contribution is 5.31. The van der Waals surface area contributed by atoms with Crippen molar-refractivity contribution in [1.29, 1.82) is 0 Å². The molecule has 0 bridgehead atoms. The fraction of sp³-hybridized carbons (Fsp3) is 0.357. The molecule has 2 aromatic rings. The van der Waals surface area contributed by atoms with Crippen LogP contribution in [0.25, 0.3) is 0 Å². The van der Waals surface area contributed by atoms with E-state index in [2.05, 4.69) is 20.0 Å². The molecule has 20 heavy (non-hydrogen) atoms. The molecule has 1 atom stereocenters. The van der Waals surface area contributed by atoms with Gasteiger partial charge in [-0.1, -0.05) is 19.1 Å². The van der Waals surface area contributed by atoms with Crippen LogP contribution in [-0.2, 0) is 6.42 Å². The number of aromatic nitrogens is 2. The van der Waals surface area contributed by atoms with E-state index in [0.717, 1.165) is 17.9 Å². The molecule has 1 heterocycles. The van der Waals surface area contributed by atoms with E-state index in [4.69, 9.17) is 0 Å². The molecule has 6 heteroatoms. The summed E-state index contributed by atoms with van der Waals surface area (Å²) in [5.41, 5.74) is 0.890. The van der Waals surface area contributed by atoms with Crippen molar-refractivity contribution in [2.75, 3.05) is 6.54 Å². The van der Waals surface area contributed by atoms with Crippen molar-refractivity contribution < 1.29 is 13.5 Å². The molecule has 0 radical (unpaired) electrons. The maximum atomic E-state index is 12.3. The first-order chi connectivity index (χ1) is 9.69. The number of nitrogens with one attached hydrogen (secondary N) is 2. The van der Waals surface area contributed by atoms with Gasteiger partial charge in [-0.25, -0.2) is 4.98 Å². The number of likely N-dealkylation sites (N-methyl/N-ethyl adjacent to an activating group) is 1. The smallest absolute Gasteiger partial charge is 0.387 e. The lowest BCUT2D eigenvalue weighted by atomic mass is 10.0. The van der Waals surface area contributed by atoms with Crippen molar-refractivity contribution in [3.63, 3.8) is 0 Å². The molecule has 2 N–H and O–H groups in total. The third kappa shape index (κ3) is 4.03. The highest BCUT2D eigenvalue weighted by Gasteiger charge is 2.14. The van der Waals surface area contributed by atoms with Crippen LogP contribution < -0.4 is 10.1 Å². The van der Waals surface area contributed by atoms with Gasteiger partial charge in [-0.3, -0.25) is 0 Å². The van der Waals surface area contributed by atoms with E-state index in [1.807, 2.05) is 13.0 Å². The Morgan fingerprint density at radius 1 is 1.40 bits per heavy atom. The van der Waals surface area contributed by atoms with E-state index >= 15 is 0 Å². The van der Waals surface area contributed by atoms with E-state index < -0.39 is 6.61 Å². The Hall–Kier alpha value is -1.95. The van der Waals surface area contributed by atoms with E-state index in [0.29, 0.717) is 6.42 Å². The SMILES string of the molecule is CCNC(Cc1ncc[nH]1)c1cccc(OC(F)F)c1. The van der Waals surface area contributed by atoms with E-state index in [-0.39, 0.29) is 11.8 Å². The number of halogens is 2. The van der Waals surface area contributed by atoms with Gasteiger partial charge in [-0.2, -0.15) is 8.78 Å². The van der Waals surface area contributed by atoms with Crippen molar-refractivity contribution in [3.05, 3.63) is 48.0 Å². The third-order valence-electron chi connectivity index (χ3n) is 2.89. The quantitative estimate of drug-likeness (QED) is 0.820. The fourth-order valence-electron chi connectivity index (χ4n) is 2.06. The van der Waals surface area contributed by atoms with Crippen LogP contribution in [-0.4, -0.2) is 23.1 Å². The Morgan fingerprint density at radius 2 is 2.25 bits per heavy atom. The number of ether oxygens (including phenoxy) is 1. The molecule has 0 aliphatic rings. The summed E-state index contributed by atoms with van der Waals surface area (Å²) >= 11 is 0. The lowest BCUT2D eigenvalue weighted by molar-refractivity contribution is -0.0499. The number of hydrogen-bond acceptors (Lipinski definition) is 3. The van der Waals surface area contributed by atoms with E-state index in [9.17, 15) is 8.78 Å². The molecule has 2 rings (SSSR count). The van der Waals surface area contributed by atoms with E-state index in [1.54, 1.807) is 24.5 Å². The molecule has 1 aromatic carbocycles. The lowest BCUT2D eigenvalue weighted by Gasteiger charge is -2.18. The normalized spacial score (nSPS) is 12.6. The molecule has 0 spiro atoms. The van der Waals surface area contributed by atoms with Gasteiger partial charge >= 0.3 is 6.61 Å². The molecule has 4 nitrogen and oxygen atoms in total. The Kier molecular flexibility index (Phi) is 5.06. The second-order valence-electron chi connectivity index (χ2n) is 4.30. The van der Waals surface area contributed by atoms with Crippen LogP contribution in [0.3, 0.4) is 0 Å². The molecular formula is C14H17F2N3O. The molecule has 1 unspecified atom stereocenters. The summed E-state index contributed by atoms with van der Waals surface area (Å²) in [7, 11) is 0. The summed E-state index contributed by atoms with van der Waals surface area (Å²) in [4.78, 5) is 7.23. The molecule has 0 amide bonds. The Morgan fingerprint density at radius 3 is 2.90 bits per heavy atom. The van der Waals surface area contributed by atoms with Gasteiger partial charge in [0.15, 0.2) is 0 Å². The van der Waals surface area contributed by atoms with Crippen molar-refractivity contribution in [2.45, 2.75) is 26.0 Å². The largest absolute Gasteiger partial charge is 0.435 e. The van der Waals surface area contributed by atoms with Crippen LogP contribution in [0.5, 0.6) is 5.75 Å². The molecule has 0 aliphatic heterocycles. The molecule has 0 saturated heterocycles. The standard InChI is InChI=1S/C14H17F2N3O/c1-2-17-12(9-13-18-6-7-19-13)10-4-3-5-11(8-10)20-14(15)16/h3-8,12,14,17H,2,9H2,1H3,(H,18,19). The number of nitrogens with zero attached hydrogens (tertiary/aromatic N) is 1. The zero-order chi connectivity index (χ0) is 14.4. The first-order valence-corrected chi connectivity index (χ1v) is 6.45. The van der Waals surface area contributed by atoms with Crippen LogP contribution in [0.1, 0.15) is 24.4 Å². The Labute approximate surface area is 116 Å².